The van der Waals surface area contributed by atoms with E-state index in [9.17, 15) is 31.9 Å². The molecule has 33 heavy (non-hydrogen) atoms. The van der Waals surface area contributed by atoms with Crippen molar-refractivity contribution in [2.75, 3.05) is 18.6 Å². The van der Waals surface area contributed by atoms with Crippen molar-refractivity contribution in [3.63, 3.8) is 0 Å². The summed E-state index contributed by atoms with van der Waals surface area (Å²) in [6.45, 7) is 0.796. The minimum Gasteiger partial charge on any atom is -0.465 e. The van der Waals surface area contributed by atoms with Gasteiger partial charge in [-0.15, -0.1) is 0 Å². The van der Waals surface area contributed by atoms with E-state index in [1.54, 1.807) is 0 Å². The zero-order valence-corrected chi connectivity index (χ0v) is 18.9. The summed E-state index contributed by atoms with van der Waals surface area (Å²) in [6.07, 6.45) is -3.34. The zero-order valence-electron chi connectivity index (χ0n) is 17.3. The van der Waals surface area contributed by atoms with Crippen LogP contribution in [0.3, 0.4) is 0 Å². The van der Waals surface area contributed by atoms with Crippen molar-refractivity contribution in [1.82, 2.24) is 0 Å². The number of rotatable bonds is 8. The molecule has 1 amide bonds. The summed E-state index contributed by atoms with van der Waals surface area (Å²) >= 11 is 5.89. The van der Waals surface area contributed by atoms with E-state index in [2.05, 4.69) is 0 Å². The van der Waals surface area contributed by atoms with Crippen LogP contribution in [-0.2, 0) is 25.6 Å². The molecule has 0 N–H and O–H groups in total. The topological polar surface area (TPSA) is 72.9 Å². The predicted octanol–water partition coefficient (Wildman–Crippen LogP) is 5.01. The van der Waals surface area contributed by atoms with Crippen LogP contribution in [0.5, 0.6) is 0 Å². The van der Waals surface area contributed by atoms with E-state index >= 15 is 0 Å². The number of esters is 2. The van der Waals surface area contributed by atoms with Crippen LogP contribution in [0.2, 0.25) is 5.02 Å². The van der Waals surface area contributed by atoms with Gasteiger partial charge in [0.25, 0.3) is 6.43 Å². The lowest BCUT2D eigenvalue weighted by Gasteiger charge is -2.24. The summed E-state index contributed by atoms with van der Waals surface area (Å²) in [5.41, 5.74) is -3.01. The predicted molar refractivity (Wildman–Crippen MR) is 114 cm³/mol. The molecule has 0 saturated heterocycles. The highest BCUT2D eigenvalue weighted by Gasteiger charge is 2.30. The standard InChI is InChI=1S/C21H18ClF4NO5S/c1-3-32-21(30)19(28)27(10-11-6-4-5-7-12(11)20(29)31-2)15-9-16(13(22)8-14(15)23)33-18(26)17(24)25/h4-9,17-18H,3,10H2,1-2H3. The van der Waals surface area contributed by atoms with E-state index in [4.69, 9.17) is 21.1 Å². The molecule has 0 saturated carbocycles. The molecule has 1 unspecified atom stereocenters. The van der Waals surface area contributed by atoms with Gasteiger partial charge in [-0.3, -0.25) is 9.69 Å². The van der Waals surface area contributed by atoms with E-state index in [1.807, 2.05) is 0 Å². The molecule has 6 nitrogen and oxygen atoms in total. The number of hydrogen-bond acceptors (Lipinski definition) is 6. The van der Waals surface area contributed by atoms with Crippen molar-refractivity contribution in [2.45, 2.75) is 30.3 Å². The van der Waals surface area contributed by atoms with Gasteiger partial charge in [0.05, 0.1) is 36.5 Å². The molecular weight excluding hydrogens is 490 g/mol. The van der Waals surface area contributed by atoms with Crippen LogP contribution >= 0.6 is 23.4 Å². The van der Waals surface area contributed by atoms with Gasteiger partial charge >= 0.3 is 17.8 Å². The largest absolute Gasteiger partial charge is 0.465 e. The first-order chi connectivity index (χ1) is 15.6. The van der Waals surface area contributed by atoms with Crippen molar-refractivity contribution in [3.8, 4) is 0 Å². The Balaban J connectivity index is 2.59. The van der Waals surface area contributed by atoms with E-state index in [0.29, 0.717) is 11.0 Å². The Morgan fingerprint density at radius 2 is 1.82 bits per heavy atom. The number of methoxy groups -OCH3 is 1. The van der Waals surface area contributed by atoms with Crippen LogP contribution in [0.15, 0.2) is 41.3 Å². The molecule has 1 atom stereocenters. The Hall–Kier alpha value is -2.79. The molecule has 2 aromatic rings. The average molecular weight is 508 g/mol. The number of halogens is 5. The van der Waals surface area contributed by atoms with Crippen LogP contribution in [0, 0.1) is 5.82 Å². The molecule has 178 valence electrons. The van der Waals surface area contributed by atoms with Crippen LogP contribution in [-0.4, -0.2) is 43.5 Å². The lowest BCUT2D eigenvalue weighted by Crippen LogP contribution is -2.38. The number of amides is 1. The summed E-state index contributed by atoms with van der Waals surface area (Å²) in [4.78, 5) is 37.4. The maximum absolute atomic E-state index is 14.8. The molecule has 2 aromatic carbocycles. The summed E-state index contributed by atoms with van der Waals surface area (Å²) in [6, 6.07) is 7.46. The Labute approximate surface area is 195 Å². The zero-order chi connectivity index (χ0) is 24.7. The van der Waals surface area contributed by atoms with Crippen molar-refractivity contribution >= 4 is 46.9 Å². The molecule has 2 rings (SSSR count). The number of carbonyl (C=O) groups excluding carboxylic acids is 3. The Kier molecular flexibility index (Phi) is 9.54. The minimum atomic E-state index is -3.34. The fourth-order valence-electron chi connectivity index (χ4n) is 2.70. The number of benzene rings is 2. The number of carbonyl (C=O) groups is 3. The second kappa shape index (κ2) is 11.9. The Bertz CT molecular complexity index is 1040. The van der Waals surface area contributed by atoms with Crippen LogP contribution in [0.25, 0.3) is 0 Å². The molecule has 12 heteroatoms. The van der Waals surface area contributed by atoms with Crippen LogP contribution in [0.1, 0.15) is 22.8 Å². The third kappa shape index (κ3) is 6.61. The summed E-state index contributed by atoms with van der Waals surface area (Å²) in [7, 11) is 1.14. The van der Waals surface area contributed by atoms with Crippen LogP contribution < -0.4 is 4.90 Å². The highest BCUT2D eigenvalue weighted by atomic mass is 35.5. The fraction of sp³-hybridized carbons (Fsp3) is 0.286. The maximum Gasteiger partial charge on any atom is 0.397 e. The SMILES string of the molecule is CCOC(=O)C(=O)N(Cc1ccccc1C(=O)OC)c1cc(SC(F)C(F)F)c(Cl)cc1F. The van der Waals surface area contributed by atoms with Crippen molar-refractivity contribution in [2.24, 2.45) is 0 Å². The average Bonchev–Trinajstić information content (AvgIpc) is 2.78. The minimum absolute atomic E-state index is 0.0234. The quantitative estimate of drug-likeness (QED) is 0.216. The van der Waals surface area contributed by atoms with Gasteiger partial charge in [0.15, 0.2) is 0 Å². The fourth-order valence-corrected chi connectivity index (χ4v) is 3.68. The number of thioether (sulfide) groups is 1. The van der Waals surface area contributed by atoms with Gasteiger partial charge in [-0.25, -0.2) is 27.2 Å². The maximum atomic E-state index is 14.8. The monoisotopic (exact) mass is 507 g/mol. The first-order valence-electron chi connectivity index (χ1n) is 9.33. The van der Waals surface area contributed by atoms with Gasteiger partial charge in [-0.1, -0.05) is 41.6 Å². The van der Waals surface area contributed by atoms with E-state index in [1.165, 1.54) is 31.2 Å². The van der Waals surface area contributed by atoms with Crippen LogP contribution in [0.4, 0.5) is 23.2 Å². The van der Waals surface area contributed by atoms with Gasteiger partial charge in [-0.2, -0.15) is 0 Å². The van der Waals surface area contributed by atoms with Gasteiger partial charge in [0.2, 0.25) is 5.50 Å². The molecule has 0 spiro atoms. The third-order valence-corrected chi connectivity index (χ3v) is 5.62. The highest BCUT2D eigenvalue weighted by Crippen LogP contribution is 2.38. The second-order valence-electron chi connectivity index (χ2n) is 6.30. The smallest absolute Gasteiger partial charge is 0.397 e. The van der Waals surface area contributed by atoms with E-state index in [0.717, 1.165) is 13.2 Å². The normalized spacial score (nSPS) is 11.8. The van der Waals surface area contributed by atoms with Gasteiger partial charge in [0, 0.05) is 4.90 Å². The molecule has 0 aromatic heterocycles. The van der Waals surface area contributed by atoms with Gasteiger partial charge in [0.1, 0.15) is 5.82 Å². The summed E-state index contributed by atoms with van der Waals surface area (Å²) < 4.78 is 63.1. The first-order valence-corrected chi connectivity index (χ1v) is 10.6. The summed E-state index contributed by atoms with van der Waals surface area (Å²) in [5, 5.41) is -0.372. The molecule has 0 aliphatic rings. The molecule has 0 fully saturated rings. The van der Waals surface area contributed by atoms with Crippen molar-refractivity contribution < 1.29 is 41.4 Å². The summed E-state index contributed by atoms with van der Waals surface area (Å²) in [5.74, 6) is -4.48. The number of ether oxygens (including phenoxy) is 2. The molecule has 0 aliphatic heterocycles. The van der Waals surface area contributed by atoms with Crippen molar-refractivity contribution in [1.29, 1.82) is 0 Å². The molecule has 0 radical (unpaired) electrons. The van der Waals surface area contributed by atoms with E-state index in [-0.39, 0.29) is 39.4 Å². The molecule has 0 aliphatic carbocycles. The Morgan fingerprint density at radius 1 is 1.15 bits per heavy atom. The Morgan fingerprint density at radius 3 is 2.42 bits per heavy atom. The lowest BCUT2D eigenvalue weighted by molar-refractivity contribution is -0.153. The number of alkyl halides is 3. The lowest BCUT2D eigenvalue weighted by atomic mass is 10.1. The molecule has 0 heterocycles. The van der Waals surface area contributed by atoms with Crippen molar-refractivity contribution in [3.05, 3.63) is 58.4 Å². The number of hydrogen-bond donors (Lipinski definition) is 0. The molecular formula is C21H18ClF4NO5S. The number of nitrogens with zero attached hydrogens (tertiary/aromatic N) is 1. The van der Waals surface area contributed by atoms with Gasteiger partial charge < -0.3 is 9.47 Å². The number of anilines is 1. The molecule has 0 bridgehead atoms. The second-order valence-corrected chi connectivity index (χ2v) is 7.83. The van der Waals surface area contributed by atoms with E-state index < -0.39 is 47.8 Å². The first kappa shape index (κ1) is 26.5. The highest BCUT2D eigenvalue weighted by molar-refractivity contribution is 8.00. The third-order valence-electron chi connectivity index (χ3n) is 4.18. The van der Waals surface area contributed by atoms with Gasteiger partial charge in [-0.05, 0) is 30.7 Å².